The number of carbonyl (C=O) groups excluding carboxylic acids is 1. The van der Waals surface area contributed by atoms with E-state index >= 15 is 0 Å². The number of nitrogens with one attached hydrogen (secondary N) is 1. The molecule has 3 rings (SSSR count). The number of benzene rings is 1. The normalized spacial score (nSPS) is 31.5. The molecule has 2 saturated heterocycles. The van der Waals surface area contributed by atoms with Crippen LogP contribution in [0, 0.1) is 0 Å². The van der Waals surface area contributed by atoms with E-state index < -0.39 is 5.79 Å². The van der Waals surface area contributed by atoms with Crippen molar-refractivity contribution in [1.29, 1.82) is 0 Å². The van der Waals surface area contributed by atoms with E-state index in [-0.39, 0.29) is 36.9 Å². The lowest BCUT2D eigenvalue weighted by molar-refractivity contribution is -0.158. The topological polar surface area (TPSA) is 66.0 Å². The van der Waals surface area contributed by atoms with Gasteiger partial charge in [0.2, 0.25) is 0 Å². The van der Waals surface area contributed by atoms with Crippen molar-refractivity contribution in [3.05, 3.63) is 35.9 Å². The van der Waals surface area contributed by atoms with E-state index in [1.807, 2.05) is 44.2 Å². The number of ether oxygens (including phenoxy) is 4. The zero-order chi connectivity index (χ0) is 17.2. The summed E-state index contributed by atoms with van der Waals surface area (Å²) in [6.07, 6.45) is -0.523. The number of rotatable bonds is 5. The Balaban J connectivity index is 1.64. The number of fused-ring (bicyclic) bond motifs is 1. The van der Waals surface area contributed by atoms with Crippen LogP contribution in [0.5, 0.6) is 0 Å². The molecule has 2 heterocycles. The third-order valence-electron chi connectivity index (χ3n) is 4.28. The Kier molecular flexibility index (Phi) is 5.20. The van der Waals surface area contributed by atoms with Crippen molar-refractivity contribution in [1.82, 2.24) is 5.32 Å². The zero-order valence-corrected chi connectivity index (χ0v) is 14.4. The Morgan fingerprint density at radius 1 is 1.25 bits per heavy atom. The van der Waals surface area contributed by atoms with Crippen LogP contribution in [-0.4, -0.2) is 49.3 Å². The van der Waals surface area contributed by atoms with E-state index in [1.54, 1.807) is 0 Å². The van der Waals surface area contributed by atoms with Crippen LogP contribution >= 0.6 is 0 Å². The molecule has 2 aliphatic heterocycles. The maximum atomic E-state index is 11.1. The second-order valence-corrected chi connectivity index (χ2v) is 6.72. The van der Waals surface area contributed by atoms with Gasteiger partial charge in [0, 0.05) is 13.5 Å². The van der Waals surface area contributed by atoms with Crippen molar-refractivity contribution in [3.63, 3.8) is 0 Å². The molecule has 0 aliphatic carbocycles. The molecule has 0 bridgehead atoms. The monoisotopic (exact) mass is 335 g/mol. The molecule has 0 aromatic heterocycles. The zero-order valence-electron chi connectivity index (χ0n) is 14.4. The minimum absolute atomic E-state index is 0.0998. The van der Waals surface area contributed by atoms with E-state index in [0.717, 1.165) is 5.56 Å². The van der Waals surface area contributed by atoms with Crippen LogP contribution < -0.4 is 5.32 Å². The summed E-state index contributed by atoms with van der Waals surface area (Å²) >= 11 is 0. The van der Waals surface area contributed by atoms with Crippen LogP contribution in [0.4, 0.5) is 0 Å². The summed E-state index contributed by atoms with van der Waals surface area (Å²) in [5.41, 5.74) is 1.12. The first-order valence-corrected chi connectivity index (χ1v) is 8.32. The molecule has 2 aliphatic rings. The highest BCUT2D eigenvalue weighted by Gasteiger charge is 2.51. The molecular weight excluding hydrogens is 310 g/mol. The highest BCUT2D eigenvalue weighted by molar-refractivity contribution is 5.65. The molecule has 6 nitrogen and oxygen atoms in total. The Labute approximate surface area is 142 Å². The predicted octanol–water partition coefficient (Wildman–Crippen LogP) is 1.63. The second kappa shape index (κ2) is 7.19. The number of esters is 1. The van der Waals surface area contributed by atoms with Gasteiger partial charge < -0.3 is 24.3 Å². The number of hydrogen-bond donors (Lipinski definition) is 1. The summed E-state index contributed by atoms with van der Waals surface area (Å²) in [4.78, 5) is 11.1. The third kappa shape index (κ3) is 4.13. The smallest absolute Gasteiger partial charge is 0.302 e. The van der Waals surface area contributed by atoms with Crippen molar-refractivity contribution >= 4 is 5.97 Å². The van der Waals surface area contributed by atoms with E-state index in [4.69, 9.17) is 18.9 Å². The molecule has 0 amide bonds. The summed E-state index contributed by atoms with van der Waals surface area (Å²) in [5.74, 6) is -0.974. The fourth-order valence-corrected chi connectivity index (χ4v) is 3.21. The van der Waals surface area contributed by atoms with Crippen LogP contribution in [0.3, 0.4) is 0 Å². The van der Waals surface area contributed by atoms with E-state index in [0.29, 0.717) is 13.2 Å². The molecular formula is C18H25NO5. The molecule has 1 aromatic carbocycles. The summed E-state index contributed by atoms with van der Waals surface area (Å²) in [6.45, 7) is 6.60. The van der Waals surface area contributed by atoms with Crippen LogP contribution in [0.25, 0.3) is 0 Å². The maximum Gasteiger partial charge on any atom is 0.302 e. The molecule has 1 aromatic rings. The van der Waals surface area contributed by atoms with Gasteiger partial charge in [-0.25, -0.2) is 0 Å². The van der Waals surface area contributed by atoms with Crippen molar-refractivity contribution < 1.29 is 23.7 Å². The third-order valence-corrected chi connectivity index (χ3v) is 4.28. The second-order valence-electron chi connectivity index (χ2n) is 6.72. The Bertz CT molecular complexity index is 562. The molecule has 6 heteroatoms. The summed E-state index contributed by atoms with van der Waals surface area (Å²) in [5, 5.41) is 3.36. The highest BCUT2D eigenvalue weighted by Crippen LogP contribution is 2.35. The minimum Gasteiger partial charge on any atom is -0.464 e. The van der Waals surface area contributed by atoms with Gasteiger partial charge in [-0.15, -0.1) is 0 Å². The van der Waals surface area contributed by atoms with E-state index in [1.165, 1.54) is 6.92 Å². The van der Waals surface area contributed by atoms with Crippen molar-refractivity contribution in [2.45, 2.75) is 57.5 Å². The standard InChI is InChI=1S/C18H25NO5/c1-12(20)21-11-14-16-17(24-18(2,3)23-16)15(9-19-14)22-10-13-7-5-4-6-8-13/h4-8,14-17,19H,9-11H2,1-3H3/t14-,15+,16-,17-/m1/s1. The molecule has 0 unspecified atom stereocenters. The lowest BCUT2D eigenvalue weighted by atomic mass is 9.96. The van der Waals surface area contributed by atoms with E-state index in [2.05, 4.69) is 5.32 Å². The number of hydrogen-bond acceptors (Lipinski definition) is 6. The molecule has 0 spiro atoms. The van der Waals surface area contributed by atoms with Crippen LogP contribution in [0.1, 0.15) is 26.3 Å². The lowest BCUT2D eigenvalue weighted by Crippen LogP contribution is -2.60. The average molecular weight is 335 g/mol. The van der Waals surface area contributed by atoms with Gasteiger partial charge in [0.1, 0.15) is 18.8 Å². The van der Waals surface area contributed by atoms with Gasteiger partial charge in [0.15, 0.2) is 5.79 Å². The Hall–Kier alpha value is -1.47. The quantitative estimate of drug-likeness (QED) is 0.825. The van der Waals surface area contributed by atoms with Crippen molar-refractivity contribution in [3.8, 4) is 0 Å². The van der Waals surface area contributed by atoms with Gasteiger partial charge >= 0.3 is 5.97 Å². The Morgan fingerprint density at radius 3 is 2.67 bits per heavy atom. The van der Waals surface area contributed by atoms with Crippen molar-refractivity contribution in [2.24, 2.45) is 0 Å². The molecule has 0 saturated carbocycles. The van der Waals surface area contributed by atoms with E-state index in [9.17, 15) is 4.79 Å². The van der Waals surface area contributed by atoms with Crippen LogP contribution in [-0.2, 0) is 30.3 Å². The van der Waals surface area contributed by atoms with Gasteiger partial charge in [-0.3, -0.25) is 4.79 Å². The first-order chi connectivity index (χ1) is 11.4. The summed E-state index contributed by atoms with van der Waals surface area (Å²) in [7, 11) is 0. The van der Waals surface area contributed by atoms with Gasteiger partial charge in [0.05, 0.1) is 18.8 Å². The molecule has 132 valence electrons. The maximum absolute atomic E-state index is 11.1. The lowest BCUT2D eigenvalue weighted by Gasteiger charge is -2.37. The van der Waals surface area contributed by atoms with Crippen LogP contribution in [0.2, 0.25) is 0 Å². The molecule has 4 atom stereocenters. The van der Waals surface area contributed by atoms with Crippen molar-refractivity contribution in [2.75, 3.05) is 13.2 Å². The summed E-state index contributed by atoms with van der Waals surface area (Å²) < 4.78 is 23.3. The molecule has 2 fully saturated rings. The van der Waals surface area contributed by atoms with Gasteiger partial charge in [-0.2, -0.15) is 0 Å². The Morgan fingerprint density at radius 2 is 1.96 bits per heavy atom. The predicted molar refractivity (Wildman–Crippen MR) is 87.3 cm³/mol. The van der Waals surface area contributed by atoms with Gasteiger partial charge in [-0.05, 0) is 19.4 Å². The van der Waals surface area contributed by atoms with Crippen LogP contribution in [0.15, 0.2) is 30.3 Å². The van der Waals surface area contributed by atoms with Gasteiger partial charge in [-0.1, -0.05) is 30.3 Å². The fourth-order valence-electron chi connectivity index (χ4n) is 3.21. The largest absolute Gasteiger partial charge is 0.464 e. The van der Waals surface area contributed by atoms with Gasteiger partial charge in [0.25, 0.3) is 0 Å². The number of piperidine rings is 1. The SMILES string of the molecule is CC(=O)OC[C@H]1NC[C@H](OCc2ccccc2)[C@H]2OC(C)(C)O[C@@H]21. The highest BCUT2D eigenvalue weighted by atomic mass is 16.8. The fraction of sp³-hybridized carbons (Fsp3) is 0.611. The first kappa shape index (κ1) is 17.4. The molecule has 1 N–H and O–H groups in total. The molecule has 0 radical (unpaired) electrons. The molecule has 24 heavy (non-hydrogen) atoms. The first-order valence-electron chi connectivity index (χ1n) is 8.32. The average Bonchev–Trinajstić information content (AvgIpc) is 2.87. The minimum atomic E-state index is -0.676. The summed E-state index contributed by atoms with van der Waals surface area (Å²) in [6, 6.07) is 9.94. The number of carbonyl (C=O) groups is 1.